The Morgan fingerprint density at radius 2 is 2.09 bits per heavy atom. The molecular formula is C9H17NO. The molecule has 2 heteroatoms. The van der Waals surface area contributed by atoms with E-state index < -0.39 is 0 Å². The molecule has 0 saturated heterocycles. The van der Waals surface area contributed by atoms with Crippen LogP contribution in [0.15, 0.2) is 11.6 Å². The summed E-state index contributed by atoms with van der Waals surface area (Å²) in [5.74, 6) is 0.376. The van der Waals surface area contributed by atoms with E-state index in [1.165, 1.54) is 0 Å². The first kappa shape index (κ1) is 10.2. The van der Waals surface area contributed by atoms with E-state index in [1.807, 2.05) is 6.08 Å². The van der Waals surface area contributed by atoms with Crippen molar-refractivity contribution < 1.29 is 4.79 Å². The summed E-state index contributed by atoms with van der Waals surface area (Å²) < 4.78 is 0. The summed E-state index contributed by atoms with van der Waals surface area (Å²) in [7, 11) is 0. The maximum Gasteiger partial charge on any atom is 0.244 e. The quantitative estimate of drug-likeness (QED) is 0.618. The molecule has 0 aromatic carbocycles. The average Bonchev–Trinajstić information content (AvgIpc) is 1.86. The minimum atomic E-state index is -0.311. The second-order valence-corrected chi connectivity index (χ2v) is 3.22. The minimum absolute atomic E-state index is 0.311. The molecule has 0 aliphatic rings. The van der Waals surface area contributed by atoms with Crippen molar-refractivity contribution in [3.8, 4) is 0 Å². The van der Waals surface area contributed by atoms with E-state index in [4.69, 9.17) is 5.73 Å². The zero-order chi connectivity index (χ0) is 8.85. The SMILES string of the molecule is C/C(=C/CCC(C)C)C(N)=O. The minimum Gasteiger partial charge on any atom is -0.366 e. The number of amides is 1. The van der Waals surface area contributed by atoms with E-state index >= 15 is 0 Å². The van der Waals surface area contributed by atoms with Crippen molar-refractivity contribution in [3.63, 3.8) is 0 Å². The Bertz CT molecular complexity index is 159. The van der Waals surface area contributed by atoms with Crippen LogP contribution in [0.4, 0.5) is 0 Å². The summed E-state index contributed by atoms with van der Waals surface area (Å²) in [5, 5.41) is 0. The molecule has 0 aromatic rings. The summed E-state index contributed by atoms with van der Waals surface area (Å²) in [6.07, 6.45) is 3.97. The monoisotopic (exact) mass is 155 g/mol. The summed E-state index contributed by atoms with van der Waals surface area (Å²) in [5.41, 5.74) is 5.72. The lowest BCUT2D eigenvalue weighted by atomic mass is 10.1. The lowest BCUT2D eigenvalue weighted by molar-refractivity contribution is -0.114. The van der Waals surface area contributed by atoms with Crippen LogP contribution in [0, 0.1) is 5.92 Å². The van der Waals surface area contributed by atoms with Gasteiger partial charge in [0.2, 0.25) is 5.91 Å². The van der Waals surface area contributed by atoms with Gasteiger partial charge in [0.25, 0.3) is 0 Å². The van der Waals surface area contributed by atoms with Crippen LogP contribution < -0.4 is 5.73 Å². The van der Waals surface area contributed by atoms with Gasteiger partial charge in [0.15, 0.2) is 0 Å². The van der Waals surface area contributed by atoms with Gasteiger partial charge in [-0.05, 0) is 25.7 Å². The summed E-state index contributed by atoms with van der Waals surface area (Å²) in [6.45, 7) is 6.07. The number of hydrogen-bond donors (Lipinski definition) is 1. The number of allylic oxidation sites excluding steroid dienone is 1. The largest absolute Gasteiger partial charge is 0.366 e. The van der Waals surface area contributed by atoms with Crippen LogP contribution >= 0.6 is 0 Å². The fraction of sp³-hybridized carbons (Fsp3) is 0.667. The van der Waals surface area contributed by atoms with Gasteiger partial charge >= 0.3 is 0 Å². The van der Waals surface area contributed by atoms with Crippen molar-refractivity contribution in [1.82, 2.24) is 0 Å². The Balaban J connectivity index is 3.65. The van der Waals surface area contributed by atoms with Gasteiger partial charge in [-0.1, -0.05) is 19.9 Å². The van der Waals surface area contributed by atoms with Crippen LogP contribution in [0.2, 0.25) is 0 Å². The third-order valence-electron chi connectivity index (χ3n) is 1.58. The Kier molecular flexibility index (Phi) is 4.59. The molecule has 0 atom stereocenters. The Labute approximate surface area is 68.5 Å². The van der Waals surface area contributed by atoms with Crippen molar-refractivity contribution in [2.45, 2.75) is 33.6 Å². The molecule has 0 radical (unpaired) electrons. The average molecular weight is 155 g/mol. The Hall–Kier alpha value is -0.790. The summed E-state index contributed by atoms with van der Waals surface area (Å²) in [4.78, 5) is 10.5. The first-order valence-electron chi connectivity index (χ1n) is 4.00. The van der Waals surface area contributed by atoms with Crippen molar-refractivity contribution in [3.05, 3.63) is 11.6 Å². The topological polar surface area (TPSA) is 43.1 Å². The van der Waals surface area contributed by atoms with E-state index in [2.05, 4.69) is 13.8 Å². The second kappa shape index (κ2) is 4.94. The maximum absolute atomic E-state index is 10.5. The van der Waals surface area contributed by atoms with Crippen molar-refractivity contribution >= 4 is 5.91 Å². The van der Waals surface area contributed by atoms with E-state index in [1.54, 1.807) is 6.92 Å². The van der Waals surface area contributed by atoms with Gasteiger partial charge in [0.1, 0.15) is 0 Å². The summed E-state index contributed by atoms with van der Waals surface area (Å²) in [6, 6.07) is 0. The third kappa shape index (κ3) is 5.64. The molecule has 0 aromatic heterocycles. The number of carbonyl (C=O) groups is 1. The summed E-state index contributed by atoms with van der Waals surface area (Å²) >= 11 is 0. The molecule has 2 N–H and O–H groups in total. The molecule has 0 heterocycles. The van der Waals surface area contributed by atoms with Gasteiger partial charge in [-0.3, -0.25) is 4.79 Å². The van der Waals surface area contributed by atoms with Gasteiger partial charge in [-0.25, -0.2) is 0 Å². The molecule has 0 spiro atoms. The lowest BCUT2D eigenvalue weighted by Crippen LogP contribution is -2.11. The lowest BCUT2D eigenvalue weighted by Gasteiger charge is -2.00. The van der Waals surface area contributed by atoms with Crippen LogP contribution in [0.1, 0.15) is 33.6 Å². The highest BCUT2D eigenvalue weighted by Gasteiger charge is 1.96. The maximum atomic E-state index is 10.5. The fourth-order valence-corrected chi connectivity index (χ4v) is 0.734. The van der Waals surface area contributed by atoms with Gasteiger partial charge in [-0.2, -0.15) is 0 Å². The molecule has 0 bridgehead atoms. The predicted octanol–water partition coefficient (Wildman–Crippen LogP) is 1.85. The number of primary amides is 1. The molecule has 0 rings (SSSR count). The molecule has 1 amide bonds. The van der Waals surface area contributed by atoms with Gasteiger partial charge < -0.3 is 5.73 Å². The molecule has 64 valence electrons. The Morgan fingerprint density at radius 3 is 2.45 bits per heavy atom. The van der Waals surface area contributed by atoms with Crippen LogP contribution in [-0.4, -0.2) is 5.91 Å². The Morgan fingerprint density at radius 1 is 1.55 bits per heavy atom. The van der Waals surface area contributed by atoms with Gasteiger partial charge in [0, 0.05) is 5.57 Å². The number of carbonyl (C=O) groups excluding carboxylic acids is 1. The zero-order valence-electron chi connectivity index (χ0n) is 7.55. The van der Waals surface area contributed by atoms with Crippen LogP contribution in [0.25, 0.3) is 0 Å². The molecular weight excluding hydrogens is 138 g/mol. The fourth-order valence-electron chi connectivity index (χ4n) is 0.734. The van der Waals surface area contributed by atoms with E-state index in [9.17, 15) is 4.79 Å². The first-order chi connectivity index (χ1) is 5.04. The van der Waals surface area contributed by atoms with Crippen LogP contribution in [0.3, 0.4) is 0 Å². The van der Waals surface area contributed by atoms with Crippen molar-refractivity contribution in [2.75, 3.05) is 0 Å². The standard InChI is InChI=1S/C9H17NO/c1-7(2)5-4-6-8(3)9(10)11/h6-7H,4-5H2,1-3H3,(H2,10,11)/b8-6-. The number of rotatable bonds is 4. The molecule has 0 aliphatic heterocycles. The van der Waals surface area contributed by atoms with Crippen LogP contribution in [-0.2, 0) is 4.79 Å². The van der Waals surface area contributed by atoms with E-state index in [0.29, 0.717) is 11.5 Å². The smallest absolute Gasteiger partial charge is 0.244 e. The molecule has 0 aliphatic carbocycles. The van der Waals surface area contributed by atoms with Gasteiger partial charge in [-0.15, -0.1) is 0 Å². The van der Waals surface area contributed by atoms with Crippen molar-refractivity contribution in [1.29, 1.82) is 0 Å². The molecule has 0 unspecified atom stereocenters. The second-order valence-electron chi connectivity index (χ2n) is 3.22. The highest BCUT2D eigenvalue weighted by atomic mass is 16.1. The predicted molar refractivity (Wildman–Crippen MR) is 47.0 cm³/mol. The molecule has 0 fully saturated rings. The van der Waals surface area contributed by atoms with E-state index in [-0.39, 0.29) is 5.91 Å². The first-order valence-corrected chi connectivity index (χ1v) is 4.00. The molecule has 0 saturated carbocycles. The number of hydrogen-bond acceptors (Lipinski definition) is 1. The third-order valence-corrected chi connectivity index (χ3v) is 1.58. The highest BCUT2D eigenvalue weighted by molar-refractivity contribution is 5.91. The highest BCUT2D eigenvalue weighted by Crippen LogP contribution is 2.05. The van der Waals surface area contributed by atoms with E-state index in [0.717, 1.165) is 12.8 Å². The van der Waals surface area contributed by atoms with Gasteiger partial charge in [0.05, 0.1) is 0 Å². The van der Waals surface area contributed by atoms with Crippen LogP contribution in [0.5, 0.6) is 0 Å². The molecule has 2 nitrogen and oxygen atoms in total. The zero-order valence-corrected chi connectivity index (χ0v) is 7.55. The normalized spacial score (nSPS) is 12.2. The number of nitrogens with two attached hydrogens (primary N) is 1. The van der Waals surface area contributed by atoms with Crippen molar-refractivity contribution in [2.24, 2.45) is 11.7 Å². The molecule has 11 heavy (non-hydrogen) atoms.